The highest BCUT2D eigenvalue weighted by Crippen LogP contribution is 2.43. The maximum absolute atomic E-state index is 15.9. The summed E-state index contributed by atoms with van der Waals surface area (Å²) in [5.41, 5.74) is 10.5. The smallest absolute Gasteiger partial charge is 0.291 e. The molecule has 7 nitrogen and oxygen atoms in total. The van der Waals surface area contributed by atoms with Crippen molar-refractivity contribution in [3.05, 3.63) is 99.4 Å². The average Bonchev–Trinajstić information content (AvgIpc) is 3.90. The van der Waals surface area contributed by atoms with Crippen LogP contribution in [0.3, 0.4) is 0 Å². The van der Waals surface area contributed by atoms with Crippen molar-refractivity contribution >= 4 is 23.5 Å². The quantitative estimate of drug-likeness (QED) is 0.195. The van der Waals surface area contributed by atoms with Gasteiger partial charge in [0.1, 0.15) is 5.83 Å². The number of benzene rings is 2. The van der Waals surface area contributed by atoms with E-state index in [1.54, 1.807) is 6.08 Å². The third-order valence-corrected chi connectivity index (χ3v) is 10.9. The molecule has 2 aromatic carbocycles. The highest BCUT2D eigenvalue weighted by molar-refractivity contribution is 6.03. The number of aromatic nitrogens is 3. The van der Waals surface area contributed by atoms with Crippen molar-refractivity contribution in [1.82, 2.24) is 24.3 Å². The monoisotopic (exact) mass is 660 g/mol. The first kappa shape index (κ1) is 33.4. The maximum Gasteiger partial charge on any atom is 0.291 e. The van der Waals surface area contributed by atoms with Crippen LogP contribution in [0.15, 0.2) is 48.7 Å². The molecule has 2 aromatic heterocycles. The number of anilines is 1. The molecule has 7 rings (SSSR count). The van der Waals surface area contributed by atoms with Gasteiger partial charge in [-0.05, 0) is 130 Å². The first-order chi connectivity index (χ1) is 23.7. The van der Waals surface area contributed by atoms with Gasteiger partial charge in [-0.25, -0.2) is 9.37 Å². The van der Waals surface area contributed by atoms with E-state index in [9.17, 15) is 4.79 Å². The van der Waals surface area contributed by atoms with Crippen LogP contribution in [0.2, 0.25) is 0 Å². The molecule has 1 saturated carbocycles. The van der Waals surface area contributed by atoms with Crippen LogP contribution in [0, 0.1) is 13.8 Å². The van der Waals surface area contributed by atoms with E-state index in [-0.39, 0.29) is 11.7 Å². The molecule has 256 valence electrons. The molecule has 1 aliphatic carbocycles. The molecule has 2 fully saturated rings. The Morgan fingerprint density at radius 1 is 1.02 bits per heavy atom. The highest BCUT2D eigenvalue weighted by atomic mass is 19.1. The SMILES string of the molecule is Cc1c(/C=C(\F)c2cc(C3CC3)c(CN3CCCCC3)cn2)cccc1-c1cccc(NC(=O)c2nc3c(n2C)CCN(C(C)C)C3)c1C. The molecule has 0 radical (unpaired) electrons. The van der Waals surface area contributed by atoms with Crippen molar-refractivity contribution in [3.8, 4) is 11.1 Å². The van der Waals surface area contributed by atoms with Crippen LogP contribution in [0.1, 0.15) is 107 Å². The van der Waals surface area contributed by atoms with Crippen LogP contribution in [-0.2, 0) is 26.6 Å². The van der Waals surface area contributed by atoms with Gasteiger partial charge in [0.2, 0.25) is 0 Å². The van der Waals surface area contributed by atoms with Gasteiger partial charge < -0.3 is 9.88 Å². The normalized spacial score (nSPS) is 17.4. The summed E-state index contributed by atoms with van der Waals surface area (Å²) < 4.78 is 17.9. The summed E-state index contributed by atoms with van der Waals surface area (Å²) in [7, 11) is 1.93. The second-order valence-corrected chi connectivity index (χ2v) is 14.5. The van der Waals surface area contributed by atoms with Crippen LogP contribution in [0.25, 0.3) is 23.0 Å². The van der Waals surface area contributed by atoms with Crippen molar-refractivity contribution in [2.45, 2.75) is 91.3 Å². The minimum absolute atomic E-state index is 0.219. The van der Waals surface area contributed by atoms with Gasteiger partial charge in [-0.3, -0.25) is 19.6 Å². The Kier molecular flexibility index (Phi) is 9.53. The Labute approximate surface area is 290 Å². The lowest BCUT2D eigenvalue weighted by molar-refractivity contribution is 0.101. The highest BCUT2D eigenvalue weighted by Gasteiger charge is 2.29. The third-order valence-electron chi connectivity index (χ3n) is 10.9. The molecule has 49 heavy (non-hydrogen) atoms. The number of piperidine rings is 1. The molecule has 1 amide bonds. The predicted molar refractivity (Wildman–Crippen MR) is 196 cm³/mol. The lowest BCUT2D eigenvalue weighted by Gasteiger charge is -2.29. The van der Waals surface area contributed by atoms with Crippen molar-refractivity contribution < 1.29 is 9.18 Å². The van der Waals surface area contributed by atoms with Gasteiger partial charge in [0.05, 0.1) is 11.4 Å². The molecular formula is C41H49FN6O. The lowest BCUT2D eigenvalue weighted by atomic mass is 9.92. The Hall–Kier alpha value is -4.14. The molecule has 0 bridgehead atoms. The molecule has 8 heteroatoms. The van der Waals surface area contributed by atoms with Crippen molar-refractivity contribution in [2.75, 3.05) is 25.0 Å². The van der Waals surface area contributed by atoms with Crippen molar-refractivity contribution in [1.29, 1.82) is 0 Å². The lowest BCUT2D eigenvalue weighted by Crippen LogP contribution is -2.36. The number of carbonyl (C=O) groups is 1. The summed E-state index contributed by atoms with van der Waals surface area (Å²) >= 11 is 0. The summed E-state index contributed by atoms with van der Waals surface area (Å²) in [6.45, 7) is 13.3. The molecule has 4 heterocycles. The first-order valence-electron chi connectivity index (χ1n) is 18.1. The predicted octanol–water partition coefficient (Wildman–Crippen LogP) is 8.45. The first-order valence-corrected chi connectivity index (χ1v) is 18.1. The summed E-state index contributed by atoms with van der Waals surface area (Å²) in [6, 6.07) is 14.4. The summed E-state index contributed by atoms with van der Waals surface area (Å²) in [4.78, 5) is 27.9. The van der Waals surface area contributed by atoms with Gasteiger partial charge in [-0.1, -0.05) is 36.8 Å². The Morgan fingerprint density at radius 3 is 2.49 bits per heavy atom. The van der Waals surface area contributed by atoms with E-state index >= 15 is 4.39 Å². The second kappa shape index (κ2) is 14.0. The van der Waals surface area contributed by atoms with E-state index < -0.39 is 0 Å². The summed E-state index contributed by atoms with van der Waals surface area (Å²) in [6.07, 6.45) is 10.6. The molecule has 1 N–H and O–H groups in total. The molecular weight excluding hydrogens is 611 g/mol. The number of hydrogen-bond donors (Lipinski definition) is 1. The molecule has 3 aliphatic rings. The minimum Gasteiger partial charge on any atom is -0.327 e. The van der Waals surface area contributed by atoms with Crippen LogP contribution >= 0.6 is 0 Å². The average molecular weight is 661 g/mol. The van der Waals surface area contributed by atoms with Crippen molar-refractivity contribution in [3.63, 3.8) is 0 Å². The number of fused-ring (bicyclic) bond motifs is 1. The van der Waals surface area contributed by atoms with Crippen LogP contribution in [0.4, 0.5) is 10.1 Å². The zero-order valence-corrected chi connectivity index (χ0v) is 29.7. The van der Waals surface area contributed by atoms with E-state index in [4.69, 9.17) is 4.98 Å². The van der Waals surface area contributed by atoms with E-state index in [0.29, 0.717) is 23.5 Å². The van der Waals surface area contributed by atoms with Gasteiger partial charge in [0.15, 0.2) is 5.82 Å². The van der Waals surface area contributed by atoms with E-state index in [1.165, 1.54) is 43.2 Å². The van der Waals surface area contributed by atoms with Gasteiger partial charge >= 0.3 is 0 Å². The maximum atomic E-state index is 15.9. The standard InChI is InChI=1S/C41H49FN6O/c1-26(2)48-20-17-39-38(25-48)44-40(46(39)5)41(49)45-36-14-10-13-33(28(36)4)32-12-9-11-30(27(32)3)21-35(42)37-22-34(29-15-16-29)31(23-43-37)24-47-18-7-6-8-19-47/h9-14,21-23,26,29H,6-8,15-20,24-25H2,1-5H3,(H,45,49)/b35-21-. The number of likely N-dealkylation sites (tertiary alicyclic amines) is 1. The Morgan fingerprint density at radius 2 is 1.76 bits per heavy atom. The Bertz CT molecular complexity index is 1900. The fraction of sp³-hybridized carbons (Fsp3) is 0.439. The van der Waals surface area contributed by atoms with Crippen molar-refractivity contribution in [2.24, 2.45) is 7.05 Å². The van der Waals surface area contributed by atoms with Crippen LogP contribution < -0.4 is 5.32 Å². The van der Waals surface area contributed by atoms with E-state index in [2.05, 4.69) is 46.1 Å². The van der Waals surface area contributed by atoms with Gasteiger partial charge in [0, 0.05) is 56.7 Å². The number of hydrogen-bond acceptors (Lipinski definition) is 5. The molecule has 0 atom stereocenters. The number of amides is 1. The molecule has 1 saturated heterocycles. The number of imidazole rings is 1. The number of rotatable bonds is 9. The fourth-order valence-corrected chi connectivity index (χ4v) is 7.64. The number of nitrogens with zero attached hydrogens (tertiary/aromatic N) is 5. The minimum atomic E-state index is -0.321. The number of pyridine rings is 1. The van der Waals surface area contributed by atoms with Gasteiger partial charge in [0.25, 0.3) is 5.91 Å². The van der Waals surface area contributed by atoms with Crippen LogP contribution in [-0.4, -0.2) is 55.9 Å². The number of nitrogens with one attached hydrogen (secondary N) is 1. The Balaban J connectivity index is 1.12. The fourth-order valence-electron chi connectivity index (χ4n) is 7.64. The largest absolute Gasteiger partial charge is 0.327 e. The molecule has 0 spiro atoms. The molecule has 0 unspecified atom stereocenters. The van der Waals surface area contributed by atoms with E-state index in [0.717, 1.165) is 84.0 Å². The topological polar surface area (TPSA) is 66.3 Å². The zero-order valence-electron chi connectivity index (χ0n) is 29.7. The zero-order chi connectivity index (χ0) is 34.2. The molecule has 4 aromatic rings. The van der Waals surface area contributed by atoms with Crippen LogP contribution in [0.5, 0.6) is 0 Å². The molecule has 2 aliphatic heterocycles. The number of halogens is 1. The van der Waals surface area contributed by atoms with Gasteiger partial charge in [-0.2, -0.15) is 0 Å². The number of carbonyl (C=O) groups excluding carboxylic acids is 1. The van der Waals surface area contributed by atoms with E-state index in [1.807, 2.05) is 62.0 Å². The second-order valence-electron chi connectivity index (χ2n) is 14.5. The summed E-state index contributed by atoms with van der Waals surface area (Å²) in [5.74, 6) is 0.410. The summed E-state index contributed by atoms with van der Waals surface area (Å²) in [5, 5.41) is 3.14. The van der Waals surface area contributed by atoms with Gasteiger partial charge in [-0.15, -0.1) is 0 Å². The third kappa shape index (κ3) is 6.99.